The van der Waals surface area contributed by atoms with Crippen LogP contribution >= 0.6 is 0 Å². The minimum atomic E-state index is -0.0852. The van der Waals surface area contributed by atoms with Crippen molar-refractivity contribution in [1.29, 1.82) is 0 Å². The summed E-state index contributed by atoms with van der Waals surface area (Å²) in [6.45, 7) is 2.89. The van der Waals surface area contributed by atoms with E-state index in [1.165, 1.54) is 26.4 Å². The van der Waals surface area contributed by atoms with E-state index in [2.05, 4.69) is 10.2 Å². The van der Waals surface area contributed by atoms with Gasteiger partial charge < -0.3 is 15.2 Å². The molecule has 1 saturated heterocycles. The summed E-state index contributed by atoms with van der Waals surface area (Å²) in [7, 11) is 1.47. The number of nitrogens with one attached hydrogen (secondary N) is 1. The minimum absolute atomic E-state index is 0.00836. The fourth-order valence-electron chi connectivity index (χ4n) is 3.05. The first-order chi connectivity index (χ1) is 9.24. The second-order valence-electron chi connectivity index (χ2n) is 5.72. The van der Waals surface area contributed by atoms with Crippen LogP contribution in [0.3, 0.4) is 0 Å². The van der Waals surface area contributed by atoms with Crippen LogP contribution in [0.2, 0.25) is 0 Å². The molecule has 5 nitrogen and oxygen atoms in total. The molecule has 2 aliphatic rings. The highest BCUT2D eigenvalue weighted by Crippen LogP contribution is 2.29. The predicted molar refractivity (Wildman–Crippen MR) is 72.8 cm³/mol. The van der Waals surface area contributed by atoms with Crippen LogP contribution in [0.15, 0.2) is 0 Å². The van der Waals surface area contributed by atoms with E-state index in [9.17, 15) is 4.79 Å². The number of aliphatic hydroxyl groups excluding tert-OH is 1. The van der Waals surface area contributed by atoms with E-state index in [4.69, 9.17) is 9.84 Å². The largest absolute Gasteiger partial charge is 0.469 e. The summed E-state index contributed by atoms with van der Waals surface area (Å²) in [4.78, 5) is 14.2. The monoisotopic (exact) mass is 270 g/mol. The molecule has 1 heterocycles. The first kappa shape index (κ1) is 14.8. The number of ether oxygens (including phenoxy) is 1. The summed E-state index contributed by atoms with van der Waals surface area (Å²) >= 11 is 0. The Morgan fingerprint density at radius 3 is 2.79 bits per heavy atom. The van der Waals surface area contributed by atoms with Gasteiger partial charge in [0.25, 0.3) is 0 Å². The highest BCUT2D eigenvalue weighted by molar-refractivity contribution is 5.72. The summed E-state index contributed by atoms with van der Waals surface area (Å²) in [5, 5.41) is 12.3. The molecule has 0 aromatic carbocycles. The minimum Gasteiger partial charge on any atom is -0.469 e. The first-order valence-corrected chi connectivity index (χ1v) is 7.40. The molecule has 1 saturated carbocycles. The Hall–Kier alpha value is -0.650. The van der Waals surface area contributed by atoms with Gasteiger partial charge in [-0.15, -0.1) is 0 Å². The lowest BCUT2D eigenvalue weighted by Crippen LogP contribution is -2.55. The van der Waals surface area contributed by atoms with Gasteiger partial charge in [-0.2, -0.15) is 0 Å². The number of hydrogen-bond donors (Lipinski definition) is 2. The van der Waals surface area contributed by atoms with Crippen LogP contribution in [0.5, 0.6) is 0 Å². The maximum Gasteiger partial charge on any atom is 0.310 e. The standard InChI is InChI=1S/C14H26N2O3/c1-19-14(18)11-8-12(15-6-3-7-17)10-16(9-11)13-4-2-5-13/h11-13,15,17H,2-10H2,1H3. The Labute approximate surface area is 115 Å². The van der Waals surface area contributed by atoms with Crippen LogP contribution in [0.25, 0.3) is 0 Å². The number of esters is 1. The fraction of sp³-hybridized carbons (Fsp3) is 0.929. The Bertz CT molecular complexity index is 294. The summed E-state index contributed by atoms with van der Waals surface area (Å²) in [6.07, 6.45) is 5.45. The molecule has 2 fully saturated rings. The number of carbonyl (C=O) groups is 1. The van der Waals surface area contributed by atoms with Crippen molar-refractivity contribution in [3.8, 4) is 0 Å². The zero-order chi connectivity index (χ0) is 13.7. The lowest BCUT2D eigenvalue weighted by atomic mass is 9.86. The molecule has 5 heteroatoms. The second kappa shape index (κ2) is 7.22. The summed E-state index contributed by atoms with van der Waals surface area (Å²) < 4.78 is 4.91. The third kappa shape index (κ3) is 3.91. The van der Waals surface area contributed by atoms with Crippen molar-refractivity contribution in [3.05, 3.63) is 0 Å². The number of aliphatic hydroxyl groups is 1. The van der Waals surface area contributed by atoms with Crippen molar-refractivity contribution < 1.29 is 14.6 Å². The van der Waals surface area contributed by atoms with Crippen molar-refractivity contribution in [2.24, 2.45) is 5.92 Å². The van der Waals surface area contributed by atoms with Gasteiger partial charge in [0, 0.05) is 31.8 Å². The van der Waals surface area contributed by atoms with Gasteiger partial charge in [0.2, 0.25) is 0 Å². The first-order valence-electron chi connectivity index (χ1n) is 7.40. The summed E-state index contributed by atoms with van der Waals surface area (Å²) in [5.41, 5.74) is 0. The van der Waals surface area contributed by atoms with Gasteiger partial charge in [0.05, 0.1) is 13.0 Å². The van der Waals surface area contributed by atoms with Crippen LogP contribution < -0.4 is 5.32 Å². The molecule has 1 aliphatic carbocycles. The van der Waals surface area contributed by atoms with Gasteiger partial charge in [-0.1, -0.05) is 6.42 Å². The number of methoxy groups -OCH3 is 1. The average molecular weight is 270 g/mol. The van der Waals surface area contributed by atoms with E-state index >= 15 is 0 Å². The fourth-order valence-corrected chi connectivity index (χ4v) is 3.05. The number of likely N-dealkylation sites (tertiary alicyclic amines) is 1. The lowest BCUT2D eigenvalue weighted by molar-refractivity contribution is -0.148. The molecule has 0 aromatic heterocycles. The average Bonchev–Trinajstić information content (AvgIpc) is 2.36. The topological polar surface area (TPSA) is 61.8 Å². The molecule has 2 atom stereocenters. The molecule has 2 unspecified atom stereocenters. The van der Waals surface area contributed by atoms with E-state index in [-0.39, 0.29) is 18.5 Å². The summed E-state index contributed by atoms with van der Waals surface area (Å²) in [5.74, 6) is -0.0936. The highest BCUT2D eigenvalue weighted by Gasteiger charge is 2.36. The zero-order valence-corrected chi connectivity index (χ0v) is 11.8. The lowest BCUT2D eigenvalue weighted by Gasteiger charge is -2.44. The Morgan fingerprint density at radius 2 is 2.21 bits per heavy atom. The number of rotatable bonds is 6. The van der Waals surface area contributed by atoms with Crippen LogP contribution in [0, 0.1) is 5.92 Å². The Morgan fingerprint density at radius 1 is 1.42 bits per heavy atom. The molecule has 0 spiro atoms. The highest BCUT2D eigenvalue weighted by atomic mass is 16.5. The van der Waals surface area contributed by atoms with Crippen molar-refractivity contribution in [2.45, 2.75) is 44.2 Å². The van der Waals surface area contributed by atoms with Gasteiger partial charge in [0.1, 0.15) is 0 Å². The van der Waals surface area contributed by atoms with Gasteiger partial charge in [-0.05, 0) is 32.2 Å². The molecule has 1 aliphatic heterocycles. The van der Waals surface area contributed by atoms with Crippen LogP contribution in [0.4, 0.5) is 0 Å². The van der Waals surface area contributed by atoms with Gasteiger partial charge in [0.15, 0.2) is 0 Å². The van der Waals surface area contributed by atoms with Gasteiger partial charge in [-0.3, -0.25) is 9.69 Å². The molecule has 19 heavy (non-hydrogen) atoms. The maximum atomic E-state index is 11.8. The van der Waals surface area contributed by atoms with Crippen molar-refractivity contribution in [1.82, 2.24) is 10.2 Å². The molecular formula is C14H26N2O3. The van der Waals surface area contributed by atoms with Gasteiger partial charge in [-0.25, -0.2) is 0 Å². The van der Waals surface area contributed by atoms with Gasteiger partial charge >= 0.3 is 5.97 Å². The zero-order valence-electron chi connectivity index (χ0n) is 11.8. The molecule has 2 rings (SSSR count). The molecule has 110 valence electrons. The van der Waals surface area contributed by atoms with E-state index in [0.717, 1.165) is 32.5 Å². The molecular weight excluding hydrogens is 244 g/mol. The normalized spacial score (nSPS) is 28.9. The smallest absolute Gasteiger partial charge is 0.310 e. The maximum absolute atomic E-state index is 11.8. The van der Waals surface area contributed by atoms with E-state index in [1.54, 1.807) is 0 Å². The van der Waals surface area contributed by atoms with Crippen molar-refractivity contribution >= 4 is 5.97 Å². The van der Waals surface area contributed by atoms with E-state index in [0.29, 0.717) is 12.1 Å². The quantitative estimate of drug-likeness (QED) is 0.539. The number of nitrogens with zero attached hydrogens (tertiary/aromatic N) is 1. The van der Waals surface area contributed by atoms with Crippen LogP contribution in [-0.4, -0.2) is 61.4 Å². The van der Waals surface area contributed by atoms with E-state index < -0.39 is 0 Å². The second-order valence-corrected chi connectivity index (χ2v) is 5.72. The third-order valence-electron chi connectivity index (χ3n) is 4.37. The molecule has 0 radical (unpaired) electrons. The Balaban J connectivity index is 1.88. The molecule has 0 bridgehead atoms. The van der Waals surface area contributed by atoms with Crippen molar-refractivity contribution in [3.63, 3.8) is 0 Å². The summed E-state index contributed by atoms with van der Waals surface area (Å²) in [6, 6.07) is 1.000. The number of piperidine rings is 1. The van der Waals surface area contributed by atoms with Crippen LogP contribution in [-0.2, 0) is 9.53 Å². The molecule has 0 amide bonds. The predicted octanol–water partition coefficient (Wildman–Crippen LogP) is 0.374. The van der Waals surface area contributed by atoms with Crippen LogP contribution in [0.1, 0.15) is 32.1 Å². The molecule has 2 N–H and O–H groups in total. The Kier molecular flexibility index (Phi) is 5.60. The SMILES string of the molecule is COC(=O)C1CC(NCCCO)CN(C2CCC2)C1. The number of hydrogen-bond acceptors (Lipinski definition) is 5. The van der Waals surface area contributed by atoms with E-state index in [1.807, 2.05) is 0 Å². The number of carbonyl (C=O) groups excluding carboxylic acids is 1. The molecule has 0 aromatic rings. The third-order valence-corrected chi connectivity index (χ3v) is 4.37. The van der Waals surface area contributed by atoms with Crippen molar-refractivity contribution in [2.75, 3.05) is 33.4 Å².